The van der Waals surface area contributed by atoms with E-state index in [2.05, 4.69) is 10.5 Å². The van der Waals surface area contributed by atoms with Crippen LogP contribution >= 0.6 is 11.6 Å². The minimum atomic E-state index is -1.21. The summed E-state index contributed by atoms with van der Waals surface area (Å²) >= 11 is 6.25. The van der Waals surface area contributed by atoms with Gasteiger partial charge in [-0.1, -0.05) is 53.2 Å². The maximum Gasteiger partial charge on any atom is 0.257 e. The normalized spacial score (nSPS) is 18.2. The van der Waals surface area contributed by atoms with Gasteiger partial charge in [0.2, 0.25) is 0 Å². The van der Waals surface area contributed by atoms with Crippen LogP contribution in [0, 0.1) is 6.92 Å². The Hall–Kier alpha value is -2.83. The van der Waals surface area contributed by atoms with Gasteiger partial charge in [-0.25, -0.2) is 0 Å². The first-order valence-electron chi connectivity index (χ1n) is 8.94. The Morgan fingerprint density at radius 1 is 1.25 bits per heavy atom. The molecule has 7 heteroatoms. The van der Waals surface area contributed by atoms with E-state index in [-0.39, 0.29) is 12.5 Å². The van der Waals surface area contributed by atoms with Crippen LogP contribution in [-0.2, 0) is 5.60 Å². The van der Waals surface area contributed by atoms with Crippen molar-refractivity contribution in [1.29, 1.82) is 0 Å². The molecule has 28 heavy (non-hydrogen) atoms. The van der Waals surface area contributed by atoms with Crippen LogP contribution in [0.1, 0.15) is 28.1 Å². The van der Waals surface area contributed by atoms with Crippen molar-refractivity contribution in [3.05, 3.63) is 70.4 Å². The fourth-order valence-corrected chi connectivity index (χ4v) is 3.64. The summed E-state index contributed by atoms with van der Waals surface area (Å²) in [6.45, 7) is 2.08. The summed E-state index contributed by atoms with van der Waals surface area (Å²) in [5.74, 6) is 0.626. The summed E-state index contributed by atoms with van der Waals surface area (Å²) in [6.07, 6.45) is 0.379. The van der Waals surface area contributed by atoms with E-state index in [1.54, 1.807) is 37.3 Å². The number of nitrogens with zero attached hydrogens (tertiary/aromatic N) is 1. The molecule has 0 aliphatic carbocycles. The van der Waals surface area contributed by atoms with Gasteiger partial charge >= 0.3 is 0 Å². The monoisotopic (exact) mass is 398 g/mol. The fraction of sp³-hybridized carbons (Fsp3) is 0.238. The van der Waals surface area contributed by atoms with Crippen molar-refractivity contribution in [2.45, 2.75) is 18.9 Å². The van der Waals surface area contributed by atoms with Crippen LogP contribution in [-0.4, -0.2) is 29.3 Å². The second-order valence-corrected chi connectivity index (χ2v) is 7.16. The highest BCUT2D eigenvalue weighted by Gasteiger charge is 2.36. The lowest BCUT2D eigenvalue weighted by Gasteiger charge is -2.34. The van der Waals surface area contributed by atoms with Crippen LogP contribution in [0.3, 0.4) is 0 Å². The van der Waals surface area contributed by atoms with Crippen LogP contribution in [0.25, 0.3) is 11.3 Å². The summed E-state index contributed by atoms with van der Waals surface area (Å²) in [5, 5.41) is 18.4. The smallest absolute Gasteiger partial charge is 0.257 e. The molecule has 6 nitrogen and oxygen atoms in total. The molecule has 0 bridgehead atoms. The first-order chi connectivity index (χ1) is 13.5. The van der Waals surface area contributed by atoms with Gasteiger partial charge in [0.05, 0.1) is 18.2 Å². The number of aromatic nitrogens is 1. The SMILES string of the molecule is Cc1onc(-c2ccccc2Cl)c1C(=O)NCC1(O)CCOc2ccccc21. The van der Waals surface area contributed by atoms with Crippen LogP contribution in [0.15, 0.2) is 53.1 Å². The third-order valence-electron chi connectivity index (χ3n) is 4.92. The Morgan fingerprint density at radius 3 is 2.82 bits per heavy atom. The number of hydrogen-bond acceptors (Lipinski definition) is 5. The van der Waals surface area contributed by atoms with Crippen molar-refractivity contribution in [2.75, 3.05) is 13.2 Å². The molecule has 2 heterocycles. The van der Waals surface area contributed by atoms with Gasteiger partial charge in [-0.15, -0.1) is 0 Å². The first kappa shape index (κ1) is 18.5. The van der Waals surface area contributed by atoms with Crippen molar-refractivity contribution in [1.82, 2.24) is 10.5 Å². The lowest BCUT2D eigenvalue weighted by atomic mass is 9.88. The average molecular weight is 399 g/mol. The molecule has 0 radical (unpaired) electrons. The highest BCUT2D eigenvalue weighted by atomic mass is 35.5. The first-order valence-corrected chi connectivity index (χ1v) is 9.31. The summed E-state index contributed by atoms with van der Waals surface area (Å²) in [4.78, 5) is 12.9. The summed E-state index contributed by atoms with van der Waals surface area (Å²) in [6, 6.07) is 14.4. The van der Waals surface area contributed by atoms with E-state index in [1.807, 2.05) is 18.2 Å². The lowest BCUT2D eigenvalue weighted by Crippen LogP contribution is -2.44. The number of ether oxygens (including phenoxy) is 1. The zero-order valence-corrected chi connectivity index (χ0v) is 16.0. The second-order valence-electron chi connectivity index (χ2n) is 6.75. The predicted molar refractivity (Wildman–Crippen MR) is 104 cm³/mol. The molecule has 1 unspecified atom stereocenters. The highest BCUT2D eigenvalue weighted by molar-refractivity contribution is 6.33. The van der Waals surface area contributed by atoms with E-state index >= 15 is 0 Å². The number of para-hydroxylation sites is 1. The van der Waals surface area contributed by atoms with Crippen LogP contribution < -0.4 is 10.1 Å². The van der Waals surface area contributed by atoms with Crippen LogP contribution in [0.5, 0.6) is 5.75 Å². The van der Waals surface area contributed by atoms with Gasteiger partial charge in [-0.2, -0.15) is 0 Å². The molecule has 1 aliphatic heterocycles. The van der Waals surface area contributed by atoms with Crippen molar-refractivity contribution in [3.63, 3.8) is 0 Å². The molecule has 0 saturated carbocycles. The number of benzene rings is 2. The van der Waals surface area contributed by atoms with Gasteiger partial charge in [0.25, 0.3) is 5.91 Å². The molecule has 4 rings (SSSR count). The number of amides is 1. The van der Waals surface area contributed by atoms with E-state index in [0.29, 0.717) is 51.9 Å². The van der Waals surface area contributed by atoms with E-state index in [4.69, 9.17) is 20.9 Å². The number of nitrogens with one attached hydrogen (secondary N) is 1. The van der Waals surface area contributed by atoms with Crippen molar-refractivity contribution >= 4 is 17.5 Å². The quantitative estimate of drug-likeness (QED) is 0.700. The van der Waals surface area contributed by atoms with Crippen LogP contribution in [0.2, 0.25) is 5.02 Å². The molecule has 1 aliphatic rings. The molecule has 2 aromatic carbocycles. The van der Waals surface area contributed by atoms with Gasteiger partial charge in [0.1, 0.15) is 28.4 Å². The Morgan fingerprint density at radius 2 is 2.00 bits per heavy atom. The largest absolute Gasteiger partial charge is 0.493 e. The molecular weight excluding hydrogens is 380 g/mol. The molecule has 0 saturated heterocycles. The fourth-order valence-electron chi connectivity index (χ4n) is 3.42. The van der Waals surface area contributed by atoms with E-state index in [0.717, 1.165) is 0 Å². The molecule has 0 spiro atoms. The number of hydrogen-bond donors (Lipinski definition) is 2. The molecule has 2 N–H and O–H groups in total. The Bertz CT molecular complexity index is 1030. The standard InChI is InChI=1S/C21H19ClN2O4/c1-13-18(19(24-28-13)14-6-2-4-8-16(14)22)20(25)23-12-21(26)10-11-27-17-9-5-3-7-15(17)21/h2-9,26H,10-12H2,1H3,(H,23,25). The van der Waals surface area contributed by atoms with Gasteiger partial charge in [0, 0.05) is 17.5 Å². The Balaban J connectivity index is 1.60. The van der Waals surface area contributed by atoms with Gasteiger partial charge in [-0.05, 0) is 19.1 Å². The molecule has 0 fully saturated rings. The zero-order chi connectivity index (χ0) is 19.7. The molecule has 1 aromatic heterocycles. The van der Waals surface area contributed by atoms with Crippen molar-refractivity contribution < 1.29 is 19.2 Å². The van der Waals surface area contributed by atoms with E-state index < -0.39 is 5.60 Å². The van der Waals surface area contributed by atoms with Crippen LogP contribution in [0.4, 0.5) is 0 Å². The van der Waals surface area contributed by atoms with Crippen molar-refractivity contribution in [2.24, 2.45) is 0 Å². The number of halogens is 1. The van der Waals surface area contributed by atoms with Gasteiger partial charge in [0.15, 0.2) is 0 Å². The zero-order valence-electron chi connectivity index (χ0n) is 15.2. The molecule has 3 aromatic rings. The number of fused-ring (bicyclic) bond motifs is 1. The molecule has 1 atom stereocenters. The maximum atomic E-state index is 12.9. The minimum absolute atomic E-state index is 0.0405. The maximum absolute atomic E-state index is 12.9. The Labute approximate surface area is 167 Å². The number of carbonyl (C=O) groups excluding carboxylic acids is 1. The second kappa shape index (κ2) is 7.30. The molecular formula is C21H19ClN2O4. The van der Waals surface area contributed by atoms with Crippen molar-refractivity contribution in [3.8, 4) is 17.0 Å². The summed E-state index contributed by atoms with van der Waals surface area (Å²) < 4.78 is 10.8. The average Bonchev–Trinajstić information content (AvgIpc) is 3.08. The Kier molecular flexibility index (Phi) is 4.83. The number of aliphatic hydroxyl groups is 1. The molecule has 144 valence electrons. The van der Waals surface area contributed by atoms with E-state index in [1.165, 1.54) is 0 Å². The molecule has 1 amide bonds. The third-order valence-corrected chi connectivity index (χ3v) is 5.25. The predicted octanol–water partition coefficient (Wildman–Crippen LogP) is 3.70. The third kappa shape index (κ3) is 3.25. The number of carbonyl (C=O) groups is 1. The van der Waals surface area contributed by atoms with Gasteiger partial charge in [-0.3, -0.25) is 4.79 Å². The summed E-state index contributed by atoms with van der Waals surface area (Å²) in [7, 11) is 0. The number of rotatable bonds is 4. The highest BCUT2D eigenvalue weighted by Crippen LogP contribution is 2.36. The lowest BCUT2D eigenvalue weighted by molar-refractivity contribution is -0.00161. The number of aryl methyl sites for hydroxylation is 1. The minimum Gasteiger partial charge on any atom is -0.493 e. The summed E-state index contributed by atoms with van der Waals surface area (Å²) in [5.41, 5.74) is 0.744. The topological polar surface area (TPSA) is 84.6 Å². The van der Waals surface area contributed by atoms with Gasteiger partial charge < -0.3 is 19.7 Å². The van der Waals surface area contributed by atoms with E-state index in [9.17, 15) is 9.90 Å².